The molecule has 0 saturated carbocycles. The molecule has 3 nitrogen and oxygen atoms in total. The Bertz CT molecular complexity index is 2590. The third kappa shape index (κ3) is 4.90. The number of anilines is 3. The highest BCUT2D eigenvalue weighted by Gasteiger charge is 2.33. The fourth-order valence-corrected chi connectivity index (χ4v) is 8.96. The standard InChI is InChI=1S/C46H33N3S/c1-46(2)40-13-7-9-15-44(40)50-45-29-37(25-26-41(45)46)48(35-21-16-31(30-47)17-22-35)36-23-18-32(19-24-36)33-20-27-43-39(28-33)38-12-6-8-14-42(38)49(43)34-10-4-3-5-11-34/h3-29H,1-2H3. The maximum atomic E-state index is 9.52. The Kier molecular flexibility index (Phi) is 7.12. The highest BCUT2D eigenvalue weighted by Crippen LogP contribution is 2.51. The first-order chi connectivity index (χ1) is 24.5. The van der Waals surface area contributed by atoms with Crippen LogP contribution in [0.4, 0.5) is 17.1 Å². The first-order valence-electron chi connectivity index (χ1n) is 16.9. The molecule has 0 N–H and O–H groups in total. The first kappa shape index (κ1) is 30.1. The summed E-state index contributed by atoms with van der Waals surface area (Å²) in [4.78, 5) is 4.86. The van der Waals surface area contributed by atoms with E-state index in [0.29, 0.717) is 5.56 Å². The molecule has 0 saturated heterocycles. The Morgan fingerprint density at radius 1 is 0.540 bits per heavy atom. The van der Waals surface area contributed by atoms with E-state index >= 15 is 0 Å². The zero-order valence-electron chi connectivity index (χ0n) is 27.8. The lowest BCUT2D eigenvalue weighted by Crippen LogP contribution is -2.24. The lowest BCUT2D eigenvalue weighted by Gasteiger charge is -2.35. The third-order valence-corrected chi connectivity index (χ3v) is 11.2. The summed E-state index contributed by atoms with van der Waals surface area (Å²) in [5.41, 5.74) is 12.3. The van der Waals surface area contributed by atoms with E-state index in [2.05, 4.69) is 169 Å². The number of fused-ring (bicyclic) bond motifs is 5. The van der Waals surface area contributed by atoms with Crippen LogP contribution in [0.2, 0.25) is 0 Å². The largest absolute Gasteiger partial charge is 0.310 e. The lowest BCUT2D eigenvalue weighted by atomic mass is 9.77. The van der Waals surface area contributed by atoms with E-state index in [1.165, 1.54) is 48.3 Å². The van der Waals surface area contributed by atoms with Gasteiger partial charge in [0.15, 0.2) is 0 Å². The molecule has 9 rings (SSSR count). The second-order valence-electron chi connectivity index (χ2n) is 13.4. The highest BCUT2D eigenvalue weighted by molar-refractivity contribution is 7.99. The molecule has 1 aliphatic rings. The van der Waals surface area contributed by atoms with Gasteiger partial charge in [0.25, 0.3) is 0 Å². The molecule has 0 aliphatic carbocycles. The fraction of sp³-hybridized carbons (Fsp3) is 0.0652. The van der Waals surface area contributed by atoms with Gasteiger partial charge < -0.3 is 9.47 Å². The summed E-state index contributed by atoms with van der Waals surface area (Å²) in [7, 11) is 0. The molecule has 2 heterocycles. The Labute approximate surface area is 296 Å². The van der Waals surface area contributed by atoms with Crippen LogP contribution in [0.25, 0.3) is 38.6 Å². The van der Waals surface area contributed by atoms with Gasteiger partial charge in [-0.05, 0) is 107 Å². The molecule has 0 spiro atoms. The van der Waals surface area contributed by atoms with E-state index in [1.807, 2.05) is 36.0 Å². The van der Waals surface area contributed by atoms with E-state index in [-0.39, 0.29) is 5.41 Å². The molecule has 0 bridgehead atoms. The molecule has 0 fully saturated rings. The van der Waals surface area contributed by atoms with Crippen molar-refractivity contribution < 1.29 is 0 Å². The van der Waals surface area contributed by atoms with Gasteiger partial charge in [-0.15, -0.1) is 0 Å². The Hall–Kier alpha value is -6.02. The molecule has 4 heteroatoms. The van der Waals surface area contributed by atoms with Gasteiger partial charge >= 0.3 is 0 Å². The molecule has 0 atom stereocenters. The summed E-state index contributed by atoms with van der Waals surface area (Å²) in [6, 6.07) is 60.6. The molecule has 8 aromatic rings. The maximum absolute atomic E-state index is 9.52. The lowest BCUT2D eigenvalue weighted by molar-refractivity contribution is 0.607. The van der Waals surface area contributed by atoms with Crippen LogP contribution in [0.1, 0.15) is 30.5 Å². The van der Waals surface area contributed by atoms with Crippen molar-refractivity contribution >= 4 is 50.6 Å². The summed E-state index contributed by atoms with van der Waals surface area (Å²) < 4.78 is 2.35. The molecular weight excluding hydrogens is 627 g/mol. The van der Waals surface area contributed by atoms with Gasteiger partial charge in [-0.1, -0.05) is 104 Å². The minimum Gasteiger partial charge on any atom is -0.310 e. The van der Waals surface area contributed by atoms with E-state index in [4.69, 9.17) is 0 Å². The predicted octanol–water partition coefficient (Wildman–Crippen LogP) is 12.6. The molecule has 0 radical (unpaired) electrons. The molecule has 1 aliphatic heterocycles. The molecule has 0 amide bonds. The number of para-hydroxylation sites is 2. The van der Waals surface area contributed by atoms with Crippen molar-refractivity contribution in [1.82, 2.24) is 4.57 Å². The summed E-state index contributed by atoms with van der Waals surface area (Å²) in [5.74, 6) is 0. The number of nitriles is 1. The summed E-state index contributed by atoms with van der Waals surface area (Å²) in [5, 5.41) is 12.0. The smallest absolute Gasteiger partial charge is 0.0991 e. The van der Waals surface area contributed by atoms with Crippen molar-refractivity contribution in [3.8, 4) is 22.9 Å². The molecule has 238 valence electrons. The van der Waals surface area contributed by atoms with Crippen molar-refractivity contribution in [3.05, 3.63) is 180 Å². The van der Waals surface area contributed by atoms with Gasteiger partial charge in [0.2, 0.25) is 0 Å². The maximum Gasteiger partial charge on any atom is 0.0991 e. The van der Waals surface area contributed by atoms with Crippen LogP contribution >= 0.6 is 11.8 Å². The van der Waals surface area contributed by atoms with Gasteiger partial charge in [0.1, 0.15) is 0 Å². The van der Waals surface area contributed by atoms with Crippen LogP contribution < -0.4 is 4.90 Å². The van der Waals surface area contributed by atoms with Crippen LogP contribution in [0.15, 0.2) is 174 Å². The Balaban J connectivity index is 1.13. The Morgan fingerprint density at radius 2 is 1.16 bits per heavy atom. The quantitative estimate of drug-likeness (QED) is 0.184. The van der Waals surface area contributed by atoms with Gasteiger partial charge in [-0.3, -0.25) is 0 Å². The van der Waals surface area contributed by atoms with E-state index in [0.717, 1.165) is 28.3 Å². The van der Waals surface area contributed by atoms with Crippen molar-refractivity contribution in [2.45, 2.75) is 29.1 Å². The zero-order valence-corrected chi connectivity index (χ0v) is 28.7. The normalized spacial score (nSPS) is 13.1. The second kappa shape index (κ2) is 11.8. The SMILES string of the molecule is CC1(C)c2ccccc2Sc2cc(N(c3ccc(C#N)cc3)c3ccc(-c4ccc5c(c4)c4ccccc4n5-c4ccccc4)cc3)ccc21. The van der Waals surface area contributed by atoms with Crippen LogP contribution in [0.3, 0.4) is 0 Å². The Morgan fingerprint density at radius 3 is 1.94 bits per heavy atom. The average molecular weight is 660 g/mol. The topological polar surface area (TPSA) is 32.0 Å². The minimum atomic E-state index is -0.0921. The molecular formula is C46H33N3S. The van der Waals surface area contributed by atoms with Gasteiger partial charge in [-0.2, -0.15) is 5.26 Å². The number of nitrogens with zero attached hydrogens (tertiary/aromatic N) is 3. The van der Waals surface area contributed by atoms with Gasteiger partial charge in [0.05, 0.1) is 22.7 Å². The molecule has 0 unspecified atom stereocenters. The van der Waals surface area contributed by atoms with Crippen molar-refractivity contribution in [2.75, 3.05) is 4.90 Å². The van der Waals surface area contributed by atoms with Gasteiger partial charge in [0, 0.05) is 48.7 Å². The molecule has 50 heavy (non-hydrogen) atoms. The highest BCUT2D eigenvalue weighted by atomic mass is 32.2. The molecule has 1 aromatic heterocycles. The summed E-state index contributed by atoms with van der Waals surface area (Å²) >= 11 is 1.84. The van der Waals surface area contributed by atoms with E-state index in [1.54, 1.807) is 0 Å². The summed E-state index contributed by atoms with van der Waals surface area (Å²) in [6.45, 7) is 4.63. The monoisotopic (exact) mass is 659 g/mol. The fourth-order valence-electron chi connectivity index (χ4n) is 7.53. The summed E-state index contributed by atoms with van der Waals surface area (Å²) in [6.07, 6.45) is 0. The zero-order chi connectivity index (χ0) is 33.8. The number of aromatic nitrogens is 1. The van der Waals surface area contributed by atoms with Crippen LogP contribution in [0.5, 0.6) is 0 Å². The minimum absolute atomic E-state index is 0.0921. The predicted molar refractivity (Wildman–Crippen MR) is 208 cm³/mol. The van der Waals surface area contributed by atoms with Crippen LogP contribution in [-0.2, 0) is 5.41 Å². The first-order valence-corrected chi connectivity index (χ1v) is 17.7. The number of benzene rings is 7. The third-order valence-electron chi connectivity index (χ3n) is 10.1. The number of hydrogen-bond donors (Lipinski definition) is 0. The van der Waals surface area contributed by atoms with Crippen LogP contribution in [0, 0.1) is 11.3 Å². The van der Waals surface area contributed by atoms with Crippen molar-refractivity contribution in [3.63, 3.8) is 0 Å². The van der Waals surface area contributed by atoms with Crippen molar-refractivity contribution in [2.24, 2.45) is 0 Å². The van der Waals surface area contributed by atoms with Crippen molar-refractivity contribution in [1.29, 1.82) is 5.26 Å². The van der Waals surface area contributed by atoms with E-state index in [9.17, 15) is 5.26 Å². The van der Waals surface area contributed by atoms with E-state index < -0.39 is 0 Å². The number of hydrogen-bond acceptors (Lipinski definition) is 3. The van der Waals surface area contributed by atoms with Crippen LogP contribution in [-0.4, -0.2) is 4.57 Å². The average Bonchev–Trinajstić information content (AvgIpc) is 3.49. The van der Waals surface area contributed by atoms with Gasteiger partial charge in [-0.25, -0.2) is 0 Å². The number of rotatable bonds is 5. The molecule has 7 aromatic carbocycles. The second-order valence-corrected chi connectivity index (χ2v) is 14.4.